The minimum absolute atomic E-state index is 0.0317. The van der Waals surface area contributed by atoms with Crippen LogP contribution in [0, 0.1) is 5.82 Å². The van der Waals surface area contributed by atoms with Gasteiger partial charge in [0.05, 0.1) is 10.6 Å². The molecule has 2 aliphatic rings. The second-order valence-corrected chi connectivity index (χ2v) is 7.99. The topological polar surface area (TPSA) is 42.3 Å². The maximum atomic E-state index is 13.1. The van der Waals surface area contributed by atoms with Crippen molar-refractivity contribution in [2.75, 3.05) is 13.1 Å². The fourth-order valence-electron chi connectivity index (χ4n) is 3.67. The van der Waals surface area contributed by atoms with E-state index >= 15 is 0 Å². The lowest BCUT2D eigenvalue weighted by molar-refractivity contribution is 0.0712. The van der Waals surface area contributed by atoms with E-state index < -0.39 is 0 Å². The van der Waals surface area contributed by atoms with Crippen molar-refractivity contribution in [3.05, 3.63) is 67.8 Å². The Kier molecular flexibility index (Phi) is 4.99. The molecular weight excluding hydrogens is 390 g/mol. The van der Waals surface area contributed by atoms with Crippen LogP contribution in [0.2, 0.25) is 10.0 Å². The third-order valence-electron chi connectivity index (χ3n) is 5.41. The summed E-state index contributed by atoms with van der Waals surface area (Å²) in [6.45, 7) is 1.16. The van der Waals surface area contributed by atoms with Crippen molar-refractivity contribution in [2.45, 2.75) is 37.6 Å². The summed E-state index contributed by atoms with van der Waals surface area (Å²) in [5.74, 6) is -0.147. The molecule has 1 aromatic carbocycles. The first-order valence-electron chi connectivity index (χ1n) is 9.10. The molecule has 4 nitrogen and oxygen atoms in total. The molecule has 4 rings (SSSR count). The molecule has 1 aliphatic heterocycles. The van der Waals surface area contributed by atoms with Crippen LogP contribution in [-0.2, 0) is 0 Å². The molecule has 7 heteroatoms. The first-order valence-corrected chi connectivity index (χ1v) is 9.86. The van der Waals surface area contributed by atoms with E-state index in [4.69, 9.17) is 23.2 Å². The molecule has 0 atom stereocenters. The molecule has 0 radical (unpaired) electrons. The quantitative estimate of drug-likeness (QED) is 0.741. The van der Waals surface area contributed by atoms with E-state index in [1.165, 1.54) is 16.7 Å². The number of hydrogen-bond acceptors (Lipinski definition) is 2. The molecule has 27 heavy (non-hydrogen) atoms. The predicted octanol–water partition coefficient (Wildman–Crippen LogP) is 4.65. The Morgan fingerprint density at radius 3 is 2.22 bits per heavy atom. The Labute approximate surface area is 166 Å². The molecule has 0 bridgehead atoms. The van der Waals surface area contributed by atoms with Crippen LogP contribution >= 0.6 is 23.2 Å². The minimum Gasteiger partial charge on any atom is -0.339 e. The Morgan fingerprint density at radius 1 is 1.00 bits per heavy atom. The number of hydrogen-bond donors (Lipinski definition) is 0. The van der Waals surface area contributed by atoms with E-state index in [1.807, 2.05) is 0 Å². The molecular formula is C20H19Cl2FN2O2. The summed E-state index contributed by atoms with van der Waals surface area (Å²) in [5, 5.41) is -0.0557. The highest BCUT2D eigenvalue weighted by Gasteiger charge is 2.31. The zero-order valence-corrected chi connectivity index (χ0v) is 16.1. The Bertz CT molecular complexity index is 930. The number of piperidine rings is 1. The SMILES string of the molecule is O=C(c1cn(C2CC2)c(=O)c(Cl)c1Cl)N1CCC(c2ccc(F)cc2)CC1. The summed E-state index contributed by atoms with van der Waals surface area (Å²) in [4.78, 5) is 27.0. The molecule has 1 aromatic heterocycles. The van der Waals surface area contributed by atoms with Crippen molar-refractivity contribution in [3.8, 4) is 0 Å². The number of rotatable bonds is 3. The minimum atomic E-state index is -0.337. The summed E-state index contributed by atoms with van der Waals surface area (Å²) < 4.78 is 14.6. The summed E-state index contributed by atoms with van der Waals surface area (Å²) in [5.41, 5.74) is 1.04. The van der Waals surface area contributed by atoms with Crippen molar-refractivity contribution in [2.24, 2.45) is 0 Å². The molecule has 2 fully saturated rings. The van der Waals surface area contributed by atoms with Crippen LogP contribution in [0.3, 0.4) is 0 Å². The van der Waals surface area contributed by atoms with Gasteiger partial charge in [0, 0.05) is 25.3 Å². The highest BCUT2D eigenvalue weighted by atomic mass is 35.5. The van der Waals surface area contributed by atoms with Crippen LogP contribution < -0.4 is 5.56 Å². The third kappa shape index (κ3) is 3.63. The average Bonchev–Trinajstić information content (AvgIpc) is 3.52. The highest BCUT2D eigenvalue weighted by molar-refractivity contribution is 6.43. The molecule has 142 valence electrons. The maximum Gasteiger partial charge on any atom is 0.271 e. The average molecular weight is 409 g/mol. The molecule has 0 unspecified atom stereocenters. The van der Waals surface area contributed by atoms with Gasteiger partial charge >= 0.3 is 0 Å². The summed E-state index contributed by atoms with van der Waals surface area (Å²) in [6, 6.07) is 6.66. The number of benzene rings is 1. The summed E-state index contributed by atoms with van der Waals surface area (Å²) >= 11 is 12.3. The number of carbonyl (C=O) groups is 1. The highest BCUT2D eigenvalue weighted by Crippen LogP contribution is 2.36. The van der Waals surface area contributed by atoms with Gasteiger partial charge in [-0.15, -0.1) is 0 Å². The zero-order chi connectivity index (χ0) is 19.1. The van der Waals surface area contributed by atoms with Gasteiger partial charge in [-0.2, -0.15) is 0 Å². The number of halogens is 3. The smallest absolute Gasteiger partial charge is 0.271 e. The Hall–Kier alpha value is -1.85. The molecule has 2 aromatic rings. The third-order valence-corrected chi connectivity index (χ3v) is 6.25. The van der Waals surface area contributed by atoms with Crippen LogP contribution in [0.25, 0.3) is 0 Å². The monoisotopic (exact) mass is 408 g/mol. The fraction of sp³-hybridized carbons (Fsp3) is 0.400. The number of nitrogens with zero attached hydrogens (tertiary/aromatic N) is 2. The second-order valence-electron chi connectivity index (χ2n) is 7.23. The van der Waals surface area contributed by atoms with Crippen molar-refractivity contribution in [1.29, 1.82) is 0 Å². The van der Waals surface area contributed by atoms with Gasteiger partial charge in [-0.1, -0.05) is 35.3 Å². The van der Waals surface area contributed by atoms with Crippen LogP contribution in [0.1, 0.15) is 53.6 Å². The van der Waals surface area contributed by atoms with Gasteiger partial charge in [0.2, 0.25) is 0 Å². The lowest BCUT2D eigenvalue weighted by atomic mass is 9.89. The Balaban J connectivity index is 1.51. The Morgan fingerprint density at radius 2 is 1.63 bits per heavy atom. The zero-order valence-electron chi connectivity index (χ0n) is 14.6. The van der Waals surface area contributed by atoms with Crippen molar-refractivity contribution in [1.82, 2.24) is 9.47 Å². The van der Waals surface area contributed by atoms with E-state index in [0.717, 1.165) is 31.2 Å². The van der Waals surface area contributed by atoms with Gasteiger partial charge in [0.1, 0.15) is 10.8 Å². The lowest BCUT2D eigenvalue weighted by Crippen LogP contribution is -2.38. The van der Waals surface area contributed by atoms with Crippen LogP contribution in [0.15, 0.2) is 35.3 Å². The number of pyridine rings is 1. The van der Waals surface area contributed by atoms with Gasteiger partial charge in [0.25, 0.3) is 11.5 Å². The summed E-state index contributed by atoms with van der Waals surface area (Å²) in [7, 11) is 0. The second kappa shape index (κ2) is 7.28. The van der Waals surface area contributed by atoms with Crippen LogP contribution in [0.4, 0.5) is 4.39 Å². The van der Waals surface area contributed by atoms with Crippen molar-refractivity contribution < 1.29 is 9.18 Å². The summed E-state index contributed by atoms with van der Waals surface area (Å²) in [6.07, 6.45) is 4.97. The van der Waals surface area contributed by atoms with Crippen LogP contribution in [-0.4, -0.2) is 28.5 Å². The largest absolute Gasteiger partial charge is 0.339 e. The molecule has 2 heterocycles. The first kappa shape index (κ1) is 18.5. The fourth-order valence-corrected chi connectivity index (χ4v) is 4.08. The van der Waals surface area contributed by atoms with Gasteiger partial charge < -0.3 is 9.47 Å². The van der Waals surface area contributed by atoms with Crippen molar-refractivity contribution >= 4 is 29.1 Å². The molecule has 1 saturated carbocycles. The van der Waals surface area contributed by atoms with E-state index in [0.29, 0.717) is 19.0 Å². The van der Waals surface area contributed by atoms with Gasteiger partial charge in [-0.3, -0.25) is 9.59 Å². The van der Waals surface area contributed by atoms with E-state index in [1.54, 1.807) is 23.2 Å². The molecule has 1 saturated heterocycles. The molecule has 0 N–H and O–H groups in total. The van der Waals surface area contributed by atoms with E-state index in [2.05, 4.69) is 0 Å². The molecule has 1 aliphatic carbocycles. The van der Waals surface area contributed by atoms with Gasteiger partial charge in [-0.05, 0) is 49.3 Å². The predicted molar refractivity (Wildman–Crippen MR) is 103 cm³/mol. The standard InChI is InChI=1S/C20H19Cl2FN2O2/c21-17-16(11-25(15-5-6-15)20(27)18(17)22)19(26)24-9-7-13(8-10-24)12-1-3-14(23)4-2-12/h1-4,11,13,15H,5-10H2. The molecule has 0 spiro atoms. The maximum absolute atomic E-state index is 13.1. The number of aromatic nitrogens is 1. The van der Waals surface area contributed by atoms with Gasteiger partial charge in [0.15, 0.2) is 0 Å². The van der Waals surface area contributed by atoms with E-state index in [-0.39, 0.29) is 38.9 Å². The van der Waals surface area contributed by atoms with Gasteiger partial charge in [-0.25, -0.2) is 4.39 Å². The van der Waals surface area contributed by atoms with Crippen molar-refractivity contribution in [3.63, 3.8) is 0 Å². The number of amides is 1. The van der Waals surface area contributed by atoms with E-state index in [9.17, 15) is 14.0 Å². The number of carbonyl (C=O) groups excluding carboxylic acids is 1. The first-order chi connectivity index (χ1) is 13.0. The lowest BCUT2D eigenvalue weighted by Gasteiger charge is -2.32. The molecule has 1 amide bonds. The van der Waals surface area contributed by atoms with Crippen LogP contribution in [0.5, 0.6) is 0 Å². The normalized spacial score (nSPS) is 18.0. The number of likely N-dealkylation sites (tertiary alicyclic amines) is 1.